The third-order valence-corrected chi connectivity index (χ3v) is 1.45. The predicted octanol–water partition coefficient (Wildman–Crippen LogP) is 1.54. The molecule has 0 aliphatic carbocycles. The fourth-order valence-corrected chi connectivity index (χ4v) is 0.926. The lowest BCUT2D eigenvalue weighted by Crippen LogP contribution is -2.20. The van der Waals surface area contributed by atoms with Crippen molar-refractivity contribution < 1.29 is 14.2 Å². The lowest BCUT2D eigenvalue weighted by Gasteiger charge is -2.17. The van der Waals surface area contributed by atoms with Gasteiger partial charge in [-0.3, -0.25) is 0 Å². The van der Waals surface area contributed by atoms with Gasteiger partial charge in [0.1, 0.15) is 12.9 Å². The van der Waals surface area contributed by atoms with Crippen molar-refractivity contribution in [1.82, 2.24) is 0 Å². The first-order valence-corrected chi connectivity index (χ1v) is 4.14. The van der Waals surface area contributed by atoms with Crippen LogP contribution in [0.25, 0.3) is 0 Å². The zero-order chi connectivity index (χ0) is 9.73. The predicted molar refractivity (Wildman–Crippen MR) is 45.4 cm³/mol. The topological polar surface area (TPSA) is 51.5 Å². The molecule has 0 bridgehead atoms. The Morgan fingerprint density at radius 1 is 1.62 bits per heavy atom. The van der Waals surface area contributed by atoms with Crippen molar-refractivity contribution in [2.24, 2.45) is 0 Å². The van der Waals surface area contributed by atoms with Crippen LogP contribution in [0.3, 0.4) is 0 Å². The summed E-state index contributed by atoms with van der Waals surface area (Å²) in [5.41, 5.74) is 0. The molecule has 0 aromatic heterocycles. The van der Waals surface area contributed by atoms with Crippen LogP contribution in [0.15, 0.2) is 12.0 Å². The van der Waals surface area contributed by atoms with Gasteiger partial charge in [0, 0.05) is 13.8 Å². The lowest BCUT2D eigenvalue weighted by molar-refractivity contribution is -0.121. The van der Waals surface area contributed by atoms with Crippen molar-refractivity contribution in [2.45, 2.75) is 26.1 Å². The molecule has 0 amide bonds. The molecule has 0 fully saturated rings. The minimum Gasteiger partial charge on any atom is -0.457 e. The zero-order valence-electron chi connectivity index (χ0n) is 7.87. The first kappa shape index (κ1) is 9.87. The summed E-state index contributed by atoms with van der Waals surface area (Å²) in [5, 5.41) is 8.24. The third-order valence-electron chi connectivity index (χ3n) is 1.45. The van der Waals surface area contributed by atoms with E-state index in [0.717, 1.165) is 0 Å². The molecule has 0 aromatic rings. The van der Waals surface area contributed by atoms with E-state index in [1.54, 1.807) is 6.26 Å². The summed E-state index contributed by atoms with van der Waals surface area (Å²) < 4.78 is 15.7. The van der Waals surface area contributed by atoms with E-state index in [1.165, 1.54) is 0 Å². The van der Waals surface area contributed by atoms with Crippen molar-refractivity contribution in [3.05, 3.63) is 12.0 Å². The molecular formula is C9H13NO3. The number of hydrogen-bond donors (Lipinski definition) is 0. The fraction of sp³-hybridized carbons (Fsp3) is 0.667. The van der Waals surface area contributed by atoms with Crippen molar-refractivity contribution in [2.75, 3.05) is 13.2 Å². The molecule has 0 atom stereocenters. The van der Waals surface area contributed by atoms with Crippen LogP contribution in [0.5, 0.6) is 0 Å². The van der Waals surface area contributed by atoms with Crippen LogP contribution in [-0.2, 0) is 14.2 Å². The Morgan fingerprint density at radius 3 is 2.92 bits per heavy atom. The van der Waals surface area contributed by atoms with Crippen molar-refractivity contribution in [3.63, 3.8) is 0 Å². The summed E-state index contributed by atoms with van der Waals surface area (Å²) in [6, 6.07) is 1.99. The van der Waals surface area contributed by atoms with Crippen molar-refractivity contribution in [3.8, 4) is 6.07 Å². The van der Waals surface area contributed by atoms with Gasteiger partial charge in [0.25, 0.3) is 0 Å². The second-order valence-corrected chi connectivity index (χ2v) is 3.16. The van der Waals surface area contributed by atoms with Crippen molar-refractivity contribution >= 4 is 0 Å². The Balaban J connectivity index is 2.15. The number of nitrogens with zero attached hydrogens (tertiary/aromatic N) is 1. The third kappa shape index (κ3) is 3.34. The lowest BCUT2D eigenvalue weighted by atomic mass is 10.4. The second kappa shape index (κ2) is 4.15. The molecule has 0 radical (unpaired) electrons. The minimum atomic E-state index is -0.575. The van der Waals surface area contributed by atoms with Gasteiger partial charge in [-0.25, -0.2) is 0 Å². The van der Waals surface area contributed by atoms with Crippen LogP contribution in [0.4, 0.5) is 0 Å². The van der Waals surface area contributed by atoms with Gasteiger partial charge in [-0.15, -0.1) is 0 Å². The Bertz CT molecular complexity index is 240. The number of rotatable bonds is 4. The standard InChI is InChI=1S/C9H13NO3/c1-9(2)12-7-8(13-9)6-11-5-3-4-10/h7H,3,5-6H2,1-2H3. The molecule has 72 valence electrons. The summed E-state index contributed by atoms with van der Waals surface area (Å²) in [7, 11) is 0. The molecule has 1 rings (SSSR count). The number of ether oxygens (including phenoxy) is 3. The first-order chi connectivity index (χ1) is 6.14. The number of hydrogen-bond acceptors (Lipinski definition) is 4. The summed E-state index contributed by atoms with van der Waals surface area (Å²) in [6.45, 7) is 4.44. The maximum absolute atomic E-state index is 8.24. The van der Waals surface area contributed by atoms with Gasteiger partial charge in [-0.05, 0) is 0 Å². The zero-order valence-corrected chi connectivity index (χ0v) is 7.87. The van der Waals surface area contributed by atoms with Crippen LogP contribution in [0.1, 0.15) is 20.3 Å². The van der Waals surface area contributed by atoms with Crippen LogP contribution in [0, 0.1) is 11.3 Å². The quantitative estimate of drug-likeness (QED) is 0.620. The normalized spacial score (nSPS) is 18.4. The summed E-state index contributed by atoms with van der Waals surface area (Å²) in [6.07, 6.45) is 1.95. The van der Waals surface area contributed by atoms with Gasteiger partial charge >= 0.3 is 0 Å². The van der Waals surface area contributed by atoms with Crippen LogP contribution < -0.4 is 0 Å². The molecule has 0 spiro atoms. The molecule has 0 saturated heterocycles. The highest BCUT2D eigenvalue weighted by atomic mass is 16.7. The highest BCUT2D eigenvalue weighted by Crippen LogP contribution is 2.23. The summed E-state index contributed by atoms with van der Waals surface area (Å²) >= 11 is 0. The van der Waals surface area contributed by atoms with Crippen molar-refractivity contribution in [1.29, 1.82) is 5.26 Å². The fourth-order valence-electron chi connectivity index (χ4n) is 0.926. The Kier molecular flexibility index (Phi) is 3.15. The molecule has 4 nitrogen and oxygen atoms in total. The molecule has 4 heteroatoms. The first-order valence-electron chi connectivity index (χ1n) is 4.14. The van der Waals surface area contributed by atoms with Gasteiger partial charge in [0.2, 0.25) is 5.79 Å². The Labute approximate surface area is 77.7 Å². The van der Waals surface area contributed by atoms with Gasteiger partial charge in [0.05, 0.1) is 19.1 Å². The summed E-state index contributed by atoms with van der Waals surface area (Å²) in [5.74, 6) is 0.0939. The smallest absolute Gasteiger partial charge is 0.244 e. The maximum Gasteiger partial charge on any atom is 0.244 e. The maximum atomic E-state index is 8.24. The molecule has 13 heavy (non-hydrogen) atoms. The molecule has 0 unspecified atom stereocenters. The van der Waals surface area contributed by atoms with E-state index >= 15 is 0 Å². The van der Waals surface area contributed by atoms with Crippen LogP contribution >= 0.6 is 0 Å². The molecule has 0 saturated carbocycles. The van der Waals surface area contributed by atoms with E-state index in [2.05, 4.69) is 0 Å². The molecule has 0 aromatic carbocycles. The van der Waals surface area contributed by atoms with E-state index < -0.39 is 5.79 Å². The molecule has 0 N–H and O–H groups in total. The van der Waals surface area contributed by atoms with E-state index in [-0.39, 0.29) is 0 Å². The van der Waals surface area contributed by atoms with E-state index in [1.807, 2.05) is 19.9 Å². The molecule has 1 aliphatic rings. The second-order valence-electron chi connectivity index (χ2n) is 3.16. The molecule has 1 aliphatic heterocycles. The van der Waals surface area contributed by atoms with Gasteiger partial charge < -0.3 is 14.2 Å². The van der Waals surface area contributed by atoms with Gasteiger partial charge in [0.15, 0.2) is 5.76 Å². The largest absolute Gasteiger partial charge is 0.457 e. The Hall–Kier alpha value is -1.21. The van der Waals surface area contributed by atoms with E-state index in [0.29, 0.717) is 25.4 Å². The SMILES string of the molecule is CC1(C)OC=C(COCCC#N)O1. The number of nitriles is 1. The molecule has 1 heterocycles. The van der Waals surface area contributed by atoms with E-state index in [9.17, 15) is 0 Å². The Morgan fingerprint density at radius 2 is 2.38 bits per heavy atom. The highest BCUT2D eigenvalue weighted by Gasteiger charge is 2.27. The van der Waals surface area contributed by atoms with E-state index in [4.69, 9.17) is 19.5 Å². The van der Waals surface area contributed by atoms with Gasteiger partial charge in [-0.2, -0.15) is 5.26 Å². The highest BCUT2D eigenvalue weighted by molar-refractivity contribution is 4.95. The minimum absolute atomic E-state index is 0.366. The molecular weight excluding hydrogens is 170 g/mol. The van der Waals surface area contributed by atoms with Gasteiger partial charge in [-0.1, -0.05) is 0 Å². The van der Waals surface area contributed by atoms with Crippen LogP contribution in [-0.4, -0.2) is 19.0 Å². The van der Waals surface area contributed by atoms with Crippen LogP contribution in [0.2, 0.25) is 0 Å². The summed E-state index contributed by atoms with van der Waals surface area (Å²) in [4.78, 5) is 0. The average Bonchev–Trinajstić information content (AvgIpc) is 2.40. The average molecular weight is 183 g/mol. The monoisotopic (exact) mass is 183 g/mol.